The molecule has 3 aromatic rings. The van der Waals surface area contributed by atoms with Gasteiger partial charge in [0.25, 0.3) is 0 Å². The van der Waals surface area contributed by atoms with Gasteiger partial charge < -0.3 is 19.3 Å². The number of aryl methyl sites for hydroxylation is 4. The number of aromatic nitrogens is 1. The van der Waals surface area contributed by atoms with E-state index in [0.29, 0.717) is 35.7 Å². The standard InChI is InChI=1S/C29H35N3O6S/c1-18-15-19(2)24(20(3)16-18)8-10-26-28(21(4)31-38-26)39(34,35)32-13-11-22(12-14-32)29(33)30-25-9-7-23(36-5)17-27(25)37-6/h7-10,15-17,22H,11-14H2,1-6H3,(H,30,33)/b10-8+. The fourth-order valence-electron chi connectivity index (χ4n) is 5.04. The van der Waals surface area contributed by atoms with E-state index >= 15 is 0 Å². The van der Waals surface area contributed by atoms with Crippen LogP contribution in [0.15, 0.2) is 39.8 Å². The number of methoxy groups -OCH3 is 2. The molecule has 0 spiro atoms. The fourth-order valence-corrected chi connectivity index (χ4v) is 6.76. The molecule has 1 saturated heterocycles. The van der Waals surface area contributed by atoms with Crippen molar-refractivity contribution in [3.8, 4) is 11.5 Å². The molecule has 1 aromatic heterocycles. The molecule has 0 aliphatic carbocycles. The predicted octanol–water partition coefficient (Wildman–Crippen LogP) is 5.14. The van der Waals surface area contributed by atoms with E-state index in [2.05, 4.69) is 22.6 Å². The number of sulfonamides is 1. The Morgan fingerprint density at radius 3 is 2.31 bits per heavy atom. The van der Waals surface area contributed by atoms with E-state index in [0.717, 1.165) is 16.7 Å². The number of ether oxygens (including phenoxy) is 2. The summed E-state index contributed by atoms with van der Waals surface area (Å²) in [5.41, 5.74) is 5.21. The van der Waals surface area contributed by atoms with E-state index in [-0.39, 0.29) is 35.6 Å². The average Bonchev–Trinajstić information content (AvgIpc) is 3.29. The number of nitrogens with zero attached hydrogens (tertiary/aromatic N) is 2. The molecule has 0 atom stereocenters. The van der Waals surface area contributed by atoms with Crippen LogP contribution in [0.3, 0.4) is 0 Å². The van der Waals surface area contributed by atoms with Crippen LogP contribution in [0, 0.1) is 33.6 Å². The smallest absolute Gasteiger partial charge is 0.248 e. The van der Waals surface area contributed by atoms with Gasteiger partial charge in [-0.05, 0) is 75.4 Å². The highest BCUT2D eigenvalue weighted by molar-refractivity contribution is 7.89. The lowest BCUT2D eigenvalue weighted by molar-refractivity contribution is -0.120. The zero-order chi connectivity index (χ0) is 28.3. The van der Waals surface area contributed by atoms with E-state index in [1.54, 1.807) is 38.3 Å². The second-order valence-corrected chi connectivity index (χ2v) is 11.7. The predicted molar refractivity (Wildman–Crippen MR) is 150 cm³/mol. The van der Waals surface area contributed by atoms with E-state index in [4.69, 9.17) is 14.0 Å². The molecule has 0 radical (unpaired) electrons. The van der Waals surface area contributed by atoms with E-state index in [9.17, 15) is 13.2 Å². The number of benzene rings is 2. The molecule has 0 saturated carbocycles. The maximum atomic E-state index is 13.7. The van der Waals surface area contributed by atoms with Crippen molar-refractivity contribution in [2.45, 2.75) is 45.4 Å². The van der Waals surface area contributed by atoms with Crippen LogP contribution in [0.4, 0.5) is 5.69 Å². The van der Waals surface area contributed by atoms with Gasteiger partial charge in [-0.2, -0.15) is 4.31 Å². The van der Waals surface area contributed by atoms with Crippen LogP contribution in [0.25, 0.3) is 12.2 Å². The summed E-state index contributed by atoms with van der Waals surface area (Å²) in [6.07, 6.45) is 4.31. The Morgan fingerprint density at radius 1 is 1.03 bits per heavy atom. The third kappa shape index (κ3) is 6.02. The number of nitrogens with one attached hydrogen (secondary N) is 1. The Kier molecular flexibility index (Phi) is 8.46. The van der Waals surface area contributed by atoms with Gasteiger partial charge >= 0.3 is 0 Å². The summed E-state index contributed by atoms with van der Waals surface area (Å²) in [6.45, 7) is 8.13. The molecule has 4 rings (SSSR count). The number of amides is 1. The first-order chi connectivity index (χ1) is 18.5. The largest absolute Gasteiger partial charge is 0.497 e. The Hall–Kier alpha value is -3.63. The zero-order valence-electron chi connectivity index (χ0n) is 23.2. The third-order valence-corrected chi connectivity index (χ3v) is 9.12. The number of carbonyl (C=O) groups is 1. The molecule has 1 fully saturated rings. The lowest BCUT2D eigenvalue weighted by Crippen LogP contribution is -2.41. The Labute approximate surface area is 229 Å². The maximum absolute atomic E-state index is 13.7. The molecule has 1 aliphatic heterocycles. The van der Waals surface area contributed by atoms with Crippen molar-refractivity contribution in [2.75, 3.05) is 32.6 Å². The minimum atomic E-state index is -3.88. The van der Waals surface area contributed by atoms with Crippen molar-refractivity contribution >= 4 is 33.8 Å². The summed E-state index contributed by atoms with van der Waals surface area (Å²) >= 11 is 0. The summed E-state index contributed by atoms with van der Waals surface area (Å²) in [5.74, 6) is 0.786. The summed E-state index contributed by atoms with van der Waals surface area (Å²) in [4.78, 5) is 13.0. The number of hydrogen-bond acceptors (Lipinski definition) is 7. The van der Waals surface area contributed by atoms with Crippen LogP contribution in [0.5, 0.6) is 11.5 Å². The number of carbonyl (C=O) groups excluding carboxylic acids is 1. The molecule has 10 heteroatoms. The first kappa shape index (κ1) is 28.4. The monoisotopic (exact) mass is 553 g/mol. The zero-order valence-corrected chi connectivity index (χ0v) is 24.0. The van der Waals surface area contributed by atoms with Crippen LogP contribution in [-0.2, 0) is 14.8 Å². The molecule has 2 aromatic carbocycles. The topological polar surface area (TPSA) is 111 Å². The van der Waals surface area contributed by atoms with Gasteiger partial charge in [0.15, 0.2) is 10.7 Å². The van der Waals surface area contributed by atoms with Gasteiger partial charge in [-0.1, -0.05) is 28.9 Å². The lowest BCUT2D eigenvalue weighted by Gasteiger charge is -2.30. The molecule has 208 valence electrons. The van der Waals surface area contributed by atoms with E-state index in [1.807, 2.05) is 26.8 Å². The van der Waals surface area contributed by atoms with Gasteiger partial charge in [0, 0.05) is 25.1 Å². The van der Waals surface area contributed by atoms with Gasteiger partial charge in [0.2, 0.25) is 15.9 Å². The van der Waals surface area contributed by atoms with Gasteiger partial charge in [0.1, 0.15) is 17.2 Å². The van der Waals surface area contributed by atoms with E-state index < -0.39 is 10.0 Å². The van der Waals surface area contributed by atoms with Gasteiger partial charge in [-0.15, -0.1) is 0 Å². The van der Waals surface area contributed by atoms with Crippen molar-refractivity contribution in [3.05, 3.63) is 64.0 Å². The lowest BCUT2D eigenvalue weighted by atomic mass is 9.97. The van der Waals surface area contributed by atoms with Gasteiger partial charge in [0.05, 0.1) is 19.9 Å². The molecule has 9 nitrogen and oxygen atoms in total. The minimum Gasteiger partial charge on any atom is -0.497 e. The van der Waals surface area contributed by atoms with Crippen molar-refractivity contribution in [2.24, 2.45) is 5.92 Å². The Bertz CT molecular complexity index is 1480. The second-order valence-electron chi connectivity index (χ2n) is 9.84. The Balaban J connectivity index is 1.47. The Morgan fingerprint density at radius 2 is 1.69 bits per heavy atom. The number of piperidine rings is 1. The number of hydrogen-bond donors (Lipinski definition) is 1. The second kappa shape index (κ2) is 11.6. The molecule has 2 heterocycles. The van der Waals surface area contributed by atoms with Crippen molar-refractivity contribution < 1.29 is 27.2 Å². The summed E-state index contributed by atoms with van der Waals surface area (Å²) < 4.78 is 44.7. The third-order valence-electron chi connectivity index (χ3n) is 7.06. The van der Waals surface area contributed by atoms with Crippen molar-refractivity contribution in [1.29, 1.82) is 0 Å². The van der Waals surface area contributed by atoms with E-state index in [1.165, 1.54) is 17.0 Å². The minimum absolute atomic E-state index is 0.0621. The molecule has 1 aliphatic rings. The first-order valence-electron chi connectivity index (χ1n) is 12.8. The van der Waals surface area contributed by atoms with Crippen LogP contribution in [0.1, 0.15) is 46.5 Å². The van der Waals surface area contributed by atoms with Gasteiger partial charge in [-0.3, -0.25) is 4.79 Å². The summed E-state index contributed by atoms with van der Waals surface area (Å²) in [7, 11) is -0.800. The maximum Gasteiger partial charge on any atom is 0.248 e. The number of rotatable bonds is 8. The van der Waals surface area contributed by atoms with Crippen LogP contribution < -0.4 is 14.8 Å². The van der Waals surface area contributed by atoms with Crippen LogP contribution >= 0.6 is 0 Å². The summed E-state index contributed by atoms with van der Waals surface area (Å²) in [5, 5.41) is 6.86. The molecular formula is C29H35N3O6S. The number of anilines is 1. The quantitative estimate of drug-likeness (QED) is 0.411. The molecule has 1 amide bonds. The van der Waals surface area contributed by atoms with Gasteiger partial charge in [-0.25, -0.2) is 8.42 Å². The van der Waals surface area contributed by atoms with Crippen LogP contribution in [-0.4, -0.2) is 51.1 Å². The highest BCUT2D eigenvalue weighted by Gasteiger charge is 2.36. The molecule has 0 bridgehead atoms. The van der Waals surface area contributed by atoms with Crippen molar-refractivity contribution in [1.82, 2.24) is 9.46 Å². The van der Waals surface area contributed by atoms with Crippen molar-refractivity contribution in [3.63, 3.8) is 0 Å². The fraction of sp³-hybridized carbons (Fsp3) is 0.379. The van der Waals surface area contributed by atoms with Crippen LogP contribution in [0.2, 0.25) is 0 Å². The normalized spacial score (nSPS) is 15.0. The summed E-state index contributed by atoms with van der Waals surface area (Å²) in [6, 6.07) is 9.32. The highest BCUT2D eigenvalue weighted by Crippen LogP contribution is 2.32. The average molecular weight is 554 g/mol. The molecular weight excluding hydrogens is 518 g/mol. The molecule has 39 heavy (non-hydrogen) atoms. The first-order valence-corrected chi connectivity index (χ1v) is 14.2. The highest BCUT2D eigenvalue weighted by atomic mass is 32.2. The molecule has 0 unspecified atom stereocenters. The SMILES string of the molecule is COc1ccc(NC(=O)C2CCN(S(=O)(=O)c3c(C)noc3/C=C/c3c(C)cc(C)cc3C)CC2)c(OC)c1. The molecule has 1 N–H and O–H groups in total.